The van der Waals surface area contributed by atoms with Crippen LogP contribution in [0.25, 0.3) is 10.8 Å². The summed E-state index contributed by atoms with van der Waals surface area (Å²) in [5.41, 5.74) is 9.41. The minimum absolute atomic E-state index is 0. The number of pyridine rings is 1. The maximum atomic E-state index is 13.0. The van der Waals surface area contributed by atoms with Crippen LogP contribution in [-0.4, -0.2) is 19.9 Å². The van der Waals surface area contributed by atoms with Crippen molar-refractivity contribution in [3.8, 4) is 0 Å². The highest BCUT2D eigenvalue weighted by molar-refractivity contribution is 7.89. The van der Waals surface area contributed by atoms with E-state index >= 15 is 0 Å². The number of rotatable bonds is 5. The second kappa shape index (κ2) is 7.08. The maximum Gasteiger partial charge on any atom is 0.241 e. The molecule has 2 aromatic rings. The van der Waals surface area contributed by atoms with Gasteiger partial charge in [0.1, 0.15) is 0 Å². The molecule has 1 aromatic carbocycles. The van der Waals surface area contributed by atoms with Crippen LogP contribution in [0.2, 0.25) is 0 Å². The van der Waals surface area contributed by atoms with Gasteiger partial charge in [0.2, 0.25) is 10.0 Å². The number of benzene rings is 1. The molecule has 2 aliphatic carbocycles. The summed E-state index contributed by atoms with van der Waals surface area (Å²) < 4.78 is 28.7. The second-order valence-electron chi connectivity index (χ2n) is 7.77. The molecule has 26 heavy (non-hydrogen) atoms. The first-order valence-corrected chi connectivity index (χ1v) is 10.6. The Morgan fingerprint density at radius 1 is 1.23 bits per heavy atom. The highest BCUT2D eigenvalue weighted by atomic mass is 35.5. The quantitative estimate of drug-likeness (QED) is 0.812. The Bertz CT molecular complexity index is 939. The molecule has 0 radical (unpaired) electrons. The van der Waals surface area contributed by atoms with Crippen LogP contribution in [0.1, 0.15) is 61.9 Å². The smallest absolute Gasteiger partial charge is 0.241 e. The van der Waals surface area contributed by atoms with Crippen molar-refractivity contribution >= 4 is 33.2 Å². The predicted octanol–water partition coefficient (Wildman–Crippen LogP) is 3.41. The van der Waals surface area contributed by atoms with Gasteiger partial charge in [-0.05, 0) is 54.9 Å². The van der Waals surface area contributed by atoms with E-state index in [0.29, 0.717) is 17.4 Å². The fourth-order valence-corrected chi connectivity index (χ4v) is 5.12. The van der Waals surface area contributed by atoms with Gasteiger partial charge in [-0.1, -0.05) is 13.8 Å². The van der Waals surface area contributed by atoms with Crippen LogP contribution < -0.4 is 10.5 Å². The van der Waals surface area contributed by atoms with Gasteiger partial charge < -0.3 is 5.73 Å². The zero-order valence-corrected chi connectivity index (χ0v) is 16.8. The third-order valence-corrected chi connectivity index (χ3v) is 6.66. The average Bonchev–Trinajstić information content (AvgIpc) is 3.35. The number of halogens is 1. The Hall–Kier alpha value is -1.21. The van der Waals surface area contributed by atoms with Crippen molar-refractivity contribution in [2.75, 3.05) is 6.54 Å². The van der Waals surface area contributed by atoms with Crippen molar-refractivity contribution < 1.29 is 8.42 Å². The molecule has 0 aliphatic heterocycles. The fraction of sp³-hybridized carbons (Fsp3) is 0.526. The van der Waals surface area contributed by atoms with Crippen molar-refractivity contribution in [3.05, 3.63) is 35.2 Å². The van der Waals surface area contributed by atoms with Gasteiger partial charge in [0.15, 0.2) is 0 Å². The molecule has 0 amide bonds. The van der Waals surface area contributed by atoms with Crippen molar-refractivity contribution in [1.29, 1.82) is 0 Å². The average molecular weight is 396 g/mol. The molecule has 0 bridgehead atoms. The number of aromatic nitrogens is 1. The van der Waals surface area contributed by atoms with E-state index in [0.717, 1.165) is 53.3 Å². The van der Waals surface area contributed by atoms with Crippen LogP contribution in [0, 0.1) is 5.92 Å². The summed E-state index contributed by atoms with van der Waals surface area (Å²) in [7, 11) is -3.56. The largest absolute Gasteiger partial charge is 0.324 e. The van der Waals surface area contributed by atoms with Gasteiger partial charge in [0.05, 0.1) is 4.90 Å². The number of sulfonamides is 1. The van der Waals surface area contributed by atoms with E-state index in [1.165, 1.54) is 0 Å². The van der Waals surface area contributed by atoms with Gasteiger partial charge in [0, 0.05) is 41.2 Å². The first-order valence-electron chi connectivity index (χ1n) is 9.07. The Labute approximate surface area is 161 Å². The first-order chi connectivity index (χ1) is 11.9. The summed E-state index contributed by atoms with van der Waals surface area (Å²) in [5.74, 6) is 0.734. The molecular weight excluding hydrogens is 370 g/mol. The molecule has 1 fully saturated rings. The monoisotopic (exact) mass is 395 g/mol. The minimum atomic E-state index is -3.56. The van der Waals surface area contributed by atoms with Crippen LogP contribution in [0.4, 0.5) is 0 Å². The van der Waals surface area contributed by atoms with Gasteiger partial charge in [-0.25, -0.2) is 13.1 Å². The van der Waals surface area contributed by atoms with E-state index < -0.39 is 10.0 Å². The highest BCUT2D eigenvalue weighted by Crippen LogP contribution is 2.43. The molecule has 1 unspecified atom stereocenters. The number of hydrogen-bond donors (Lipinski definition) is 2. The summed E-state index contributed by atoms with van der Waals surface area (Å²) in [5, 5.41) is 1.67. The Kier molecular flexibility index (Phi) is 5.32. The third kappa shape index (κ3) is 3.48. The summed E-state index contributed by atoms with van der Waals surface area (Å²) in [4.78, 5) is 4.98. The lowest BCUT2D eigenvalue weighted by molar-refractivity contribution is 0.561. The molecule has 3 N–H and O–H groups in total. The lowest BCUT2D eigenvalue weighted by Gasteiger charge is -2.16. The number of fused-ring (bicyclic) bond motifs is 3. The van der Waals surface area contributed by atoms with E-state index in [1.807, 2.05) is 32.2 Å². The Morgan fingerprint density at radius 3 is 2.62 bits per heavy atom. The molecule has 4 rings (SSSR count). The lowest BCUT2D eigenvalue weighted by Crippen LogP contribution is -2.28. The fourth-order valence-electron chi connectivity index (χ4n) is 3.66. The van der Waals surface area contributed by atoms with Crippen molar-refractivity contribution in [2.24, 2.45) is 11.7 Å². The van der Waals surface area contributed by atoms with Crippen molar-refractivity contribution in [3.63, 3.8) is 0 Å². The van der Waals surface area contributed by atoms with Crippen LogP contribution in [0.3, 0.4) is 0 Å². The topological polar surface area (TPSA) is 85.1 Å². The van der Waals surface area contributed by atoms with Crippen molar-refractivity contribution in [1.82, 2.24) is 9.71 Å². The Morgan fingerprint density at radius 2 is 1.96 bits per heavy atom. The third-order valence-electron chi connectivity index (χ3n) is 5.19. The van der Waals surface area contributed by atoms with Gasteiger partial charge in [0.25, 0.3) is 0 Å². The Balaban J connectivity index is 0.00000196. The number of aryl methyl sites for hydroxylation is 1. The predicted molar refractivity (Wildman–Crippen MR) is 106 cm³/mol. The second-order valence-corrected chi connectivity index (χ2v) is 9.50. The molecule has 1 atom stereocenters. The number of nitrogens with zero attached hydrogens (tertiary/aromatic N) is 1. The summed E-state index contributed by atoms with van der Waals surface area (Å²) >= 11 is 0. The SMILES string of the molecule is CC(C)CNS(=O)(=O)c1cc2c(c3cnc(C4CC4)cc13)C(N)CC2.Cl. The van der Waals surface area contributed by atoms with Gasteiger partial charge in [-0.15, -0.1) is 12.4 Å². The lowest BCUT2D eigenvalue weighted by atomic mass is 9.99. The van der Waals surface area contributed by atoms with Crippen LogP contribution >= 0.6 is 12.4 Å². The van der Waals surface area contributed by atoms with E-state index in [-0.39, 0.29) is 24.4 Å². The van der Waals surface area contributed by atoms with E-state index in [2.05, 4.69) is 9.71 Å². The first kappa shape index (κ1) is 19.5. The molecule has 142 valence electrons. The number of nitrogens with two attached hydrogens (primary N) is 1. The zero-order chi connectivity index (χ0) is 17.8. The number of hydrogen-bond acceptors (Lipinski definition) is 4. The molecule has 1 saturated carbocycles. The maximum absolute atomic E-state index is 13.0. The van der Waals surface area contributed by atoms with Gasteiger partial charge in [-0.3, -0.25) is 4.98 Å². The standard InChI is InChI=1S/C19H25N3O2S.ClH/c1-11(2)9-22-25(23,24)18-7-13-5-6-16(20)19(13)15-10-21-17(8-14(15)18)12-3-4-12;/h7-8,10-12,16,22H,3-6,9,20H2,1-2H3;1H. The highest BCUT2D eigenvalue weighted by Gasteiger charge is 2.30. The summed E-state index contributed by atoms with van der Waals surface area (Å²) in [6, 6.07) is 3.78. The minimum Gasteiger partial charge on any atom is -0.324 e. The summed E-state index contributed by atoms with van der Waals surface area (Å²) in [6.07, 6.45) is 5.79. The van der Waals surface area contributed by atoms with E-state index in [4.69, 9.17) is 5.73 Å². The molecule has 1 aromatic heterocycles. The normalized spacial score (nSPS) is 19.6. The zero-order valence-electron chi connectivity index (χ0n) is 15.2. The molecule has 5 nitrogen and oxygen atoms in total. The van der Waals surface area contributed by atoms with E-state index in [1.54, 1.807) is 0 Å². The molecule has 0 spiro atoms. The van der Waals surface area contributed by atoms with Gasteiger partial charge >= 0.3 is 0 Å². The molecular formula is C19H26ClN3O2S. The van der Waals surface area contributed by atoms with E-state index in [9.17, 15) is 8.42 Å². The molecule has 2 aliphatic rings. The van der Waals surface area contributed by atoms with Crippen LogP contribution in [0.5, 0.6) is 0 Å². The van der Waals surface area contributed by atoms with Gasteiger partial charge in [-0.2, -0.15) is 0 Å². The van der Waals surface area contributed by atoms with Crippen molar-refractivity contribution in [2.45, 2.75) is 56.4 Å². The molecule has 7 heteroatoms. The van der Waals surface area contributed by atoms with Crippen LogP contribution in [-0.2, 0) is 16.4 Å². The molecule has 0 saturated heterocycles. The number of nitrogens with one attached hydrogen (secondary N) is 1. The van der Waals surface area contributed by atoms with Crippen LogP contribution in [0.15, 0.2) is 23.2 Å². The molecule has 1 heterocycles. The summed E-state index contributed by atoms with van der Waals surface area (Å²) in [6.45, 7) is 4.43.